The zero-order valence-corrected chi connectivity index (χ0v) is 14.9. The lowest BCUT2D eigenvalue weighted by molar-refractivity contribution is 0.0778. The fraction of sp³-hybridized carbons (Fsp3) is 0.400. The van der Waals surface area contributed by atoms with E-state index >= 15 is 0 Å². The summed E-state index contributed by atoms with van der Waals surface area (Å²) in [5, 5.41) is 0. The minimum atomic E-state index is -0.0627. The molecule has 0 bridgehead atoms. The minimum absolute atomic E-state index is 0.00127. The van der Waals surface area contributed by atoms with Crippen molar-refractivity contribution in [3.05, 3.63) is 53.9 Å². The highest BCUT2D eigenvalue weighted by Gasteiger charge is 2.30. The molecule has 1 aromatic heterocycles. The Hall–Kier alpha value is -2.56. The zero-order valence-electron chi connectivity index (χ0n) is 14.9. The standard InChI is InChI=1S/C20H24N2O3/c1-14(2)25-18-5-4-11-21-19(18)20(23)22-12-10-16(13-22)15-6-8-17(24-3)9-7-15/h4-9,11,14,16H,10,12-13H2,1-3H3/t16-/m0/s1. The third kappa shape index (κ3) is 3.92. The van der Waals surface area contributed by atoms with Gasteiger partial charge in [0, 0.05) is 25.2 Å². The molecule has 1 atom stereocenters. The summed E-state index contributed by atoms with van der Waals surface area (Å²) in [6, 6.07) is 11.7. The number of carbonyl (C=O) groups is 1. The molecule has 1 fully saturated rings. The molecule has 0 radical (unpaired) electrons. The van der Waals surface area contributed by atoms with Crippen LogP contribution < -0.4 is 9.47 Å². The molecule has 1 aliphatic rings. The van der Waals surface area contributed by atoms with Crippen molar-refractivity contribution in [1.82, 2.24) is 9.88 Å². The third-order valence-electron chi connectivity index (χ3n) is 4.40. The van der Waals surface area contributed by atoms with E-state index < -0.39 is 0 Å². The van der Waals surface area contributed by atoms with Crippen molar-refractivity contribution in [3.63, 3.8) is 0 Å². The van der Waals surface area contributed by atoms with Gasteiger partial charge < -0.3 is 14.4 Å². The van der Waals surface area contributed by atoms with Gasteiger partial charge in [0.15, 0.2) is 11.4 Å². The first-order chi connectivity index (χ1) is 12.1. The molecule has 1 aromatic carbocycles. The van der Waals surface area contributed by atoms with Crippen LogP contribution in [0, 0.1) is 0 Å². The van der Waals surface area contributed by atoms with Crippen molar-refractivity contribution >= 4 is 5.91 Å². The summed E-state index contributed by atoms with van der Waals surface area (Å²) in [5.74, 6) is 1.68. The molecule has 1 aliphatic heterocycles. The monoisotopic (exact) mass is 340 g/mol. The number of rotatable bonds is 5. The second kappa shape index (κ2) is 7.55. The van der Waals surface area contributed by atoms with Gasteiger partial charge in [-0.2, -0.15) is 0 Å². The fourth-order valence-electron chi connectivity index (χ4n) is 3.14. The van der Waals surface area contributed by atoms with Crippen LogP contribution >= 0.6 is 0 Å². The fourth-order valence-corrected chi connectivity index (χ4v) is 3.14. The van der Waals surface area contributed by atoms with Crippen LogP contribution in [0.1, 0.15) is 42.2 Å². The van der Waals surface area contributed by atoms with E-state index in [-0.39, 0.29) is 12.0 Å². The van der Waals surface area contributed by atoms with Crippen LogP contribution in [0.3, 0.4) is 0 Å². The number of pyridine rings is 1. The van der Waals surface area contributed by atoms with Gasteiger partial charge in [0.1, 0.15) is 5.75 Å². The first-order valence-corrected chi connectivity index (χ1v) is 8.63. The first-order valence-electron chi connectivity index (χ1n) is 8.63. The Bertz CT molecular complexity index is 728. The van der Waals surface area contributed by atoms with Gasteiger partial charge in [-0.1, -0.05) is 12.1 Å². The summed E-state index contributed by atoms with van der Waals surface area (Å²) >= 11 is 0. The predicted octanol–water partition coefficient (Wildman–Crippen LogP) is 3.51. The second-order valence-corrected chi connectivity index (χ2v) is 6.53. The Kier molecular flexibility index (Phi) is 5.22. The highest BCUT2D eigenvalue weighted by molar-refractivity contribution is 5.95. The summed E-state index contributed by atoms with van der Waals surface area (Å²) in [7, 11) is 1.66. The Labute approximate surface area is 148 Å². The maximum Gasteiger partial charge on any atom is 0.276 e. The molecule has 0 N–H and O–H groups in total. The minimum Gasteiger partial charge on any atom is -0.497 e. The Morgan fingerprint density at radius 1 is 1.24 bits per heavy atom. The smallest absolute Gasteiger partial charge is 0.276 e. The van der Waals surface area contributed by atoms with Gasteiger partial charge in [-0.25, -0.2) is 4.98 Å². The van der Waals surface area contributed by atoms with Crippen molar-refractivity contribution in [2.24, 2.45) is 0 Å². The number of benzene rings is 1. The van der Waals surface area contributed by atoms with E-state index in [9.17, 15) is 4.79 Å². The number of hydrogen-bond donors (Lipinski definition) is 0. The van der Waals surface area contributed by atoms with Gasteiger partial charge in [0.05, 0.1) is 13.2 Å². The van der Waals surface area contributed by atoms with Crippen LogP contribution in [0.5, 0.6) is 11.5 Å². The van der Waals surface area contributed by atoms with E-state index in [0.29, 0.717) is 23.9 Å². The second-order valence-electron chi connectivity index (χ2n) is 6.53. The van der Waals surface area contributed by atoms with Crippen molar-refractivity contribution in [1.29, 1.82) is 0 Å². The summed E-state index contributed by atoms with van der Waals surface area (Å²) in [5.41, 5.74) is 1.63. The number of nitrogens with zero attached hydrogens (tertiary/aromatic N) is 2. The van der Waals surface area contributed by atoms with Gasteiger partial charge in [-0.15, -0.1) is 0 Å². The third-order valence-corrected chi connectivity index (χ3v) is 4.40. The number of hydrogen-bond acceptors (Lipinski definition) is 4. The van der Waals surface area contributed by atoms with Gasteiger partial charge in [0.2, 0.25) is 0 Å². The quantitative estimate of drug-likeness (QED) is 0.836. The van der Waals surface area contributed by atoms with E-state index in [4.69, 9.17) is 9.47 Å². The Morgan fingerprint density at radius 2 is 2.00 bits per heavy atom. The van der Waals surface area contributed by atoms with Gasteiger partial charge in [-0.05, 0) is 50.1 Å². The SMILES string of the molecule is COc1ccc([C@H]2CCN(C(=O)c3ncccc3OC(C)C)C2)cc1. The maximum atomic E-state index is 12.9. The topological polar surface area (TPSA) is 51.7 Å². The number of carbonyl (C=O) groups excluding carboxylic acids is 1. The van der Waals surface area contributed by atoms with Crippen LogP contribution in [0.2, 0.25) is 0 Å². The van der Waals surface area contributed by atoms with Crippen LogP contribution in [0.4, 0.5) is 0 Å². The summed E-state index contributed by atoms with van der Waals surface area (Å²) in [4.78, 5) is 19.0. The molecule has 25 heavy (non-hydrogen) atoms. The lowest BCUT2D eigenvalue weighted by atomic mass is 9.98. The molecular formula is C20H24N2O3. The largest absolute Gasteiger partial charge is 0.497 e. The maximum absolute atomic E-state index is 12.9. The summed E-state index contributed by atoms with van der Waals surface area (Å²) in [6.07, 6.45) is 2.59. The molecule has 0 saturated carbocycles. The van der Waals surface area contributed by atoms with Gasteiger partial charge >= 0.3 is 0 Å². The predicted molar refractivity (Wildman–Crippen MR) is 96.3 cm³/mol. The highest BCUT2D eigenvalue weighted by Crippen LogP contribution is 2.30. The van der Waals surface area contributed by atoms with Gasteiger partial charge in [0.25, 0.3) is 5.91 Å². The number of methoxy groups -OCH3 is 1. The molecule has 2 heterocycles. The van der Waals surface area contributed by atoms with E-state index in [0.717, 1.165) is 18.7 Å². The van der Waals surface area contributed by atoms with Crippen LogP contribution in [0.25, 0.3) is 0 Å². The van der Waals surface area contributed by atoms with E-state index in [1.165, 1.54) is 5.56 Å². The molecule has 0 spiro atoms. The van der Waals surface area contributed by atoms with Crippen molar-refractivity contribution in [2.45, 2.75) is 32.3 Å². The van der Waals surface area contributed by atoms with Crippen LogP contribution in [0.15, 0.2) is 42.6 Å². The van der Waals surface area contributed by atoms with Gasteiger partial charge in [-0.3, -0.25) is 4.79 Å². The molecule has 3 rings (SSSR count). The van der Waals surface area contributed by atoms with Crippen molar-refractivity contribution in [2.75, 3.05) is 20.2 Å². The van der Waals surface area contributed by atoms with Crippen LogP contribution in [-0.4, -0.2) is 42.1 Å². The number of amides is 1. The number of ether oxygens (including phenoxy) is 2. The first kappa shape index (κ1) is 17.3. The number of likely N-dealkylation sites (tertiary alicyclic amines) is 1. The van der Waals surface area contributed by atoms with Crippen LogP contribution in [-0.2, 0) is 0 Å². The molecular weight excluding hydrogens is 316 g/mol. The average molecular weight is 340 g/mol. The highest BCUT2D eigenvalue weighted by atomic mass is 16.5. The van der Waals surface area contributed by atoms with E-state index in [2.05, 4.69) is 17.1 Å². The number of aromatic nitrogens is 1. The lowest BCUT2D eigenvalue weighted by Gasteiger charge is -2.19. The molecule has 5 nitrogen and oxygen atoms in total. The summed E-state index contributed by atoms with van der Waals surface area (Å²) < 4.78 is 10.9. The molecule has 1 saturated heterocycles. The zero-order chi connectivity index (χ0) is 17.8. The molecule has 132 valence electrons. The molecule has 0 aliphatic carbocycles. The Balaban J connectivity index is 1.72. The normalized spacial score (nSPS) is 17.0. The average Bonchev–Trinajstić information content (AvgIpc) is 3.11. The molecule has 2 aromatic rings. The molecule has 5 heteroatoms. The van der Waals surface area contributed by atoms with Crippen molar-refractivity contribution in [3.8, 4) is 11.5 Å². The van der Waals surface area contributed by atoms with E-state index in [1.807, 2.05) is 30.9 Å². The lowest BCUT2D eigenvalue weighted by Crippen LogP contribution is -2.30. The van der Waals surface area contributed by atoms with Crippen molar-refractivity contribution < 1.29 is 14.3 Å². The van der Waals surface area contributed by atoms with E-state index in [1.54, 1.807) is 25.4 Å². The summed E-state index contributed by atoms with van der Waals surface area (Å²) in [6.45, 7) is 5.31. The molecule has 0 unspecified atom stereocenters. The molecule has 1 amide bonds. The Morgan fingerprint density at radius 3 is 2.68 bits per heavy atom.